The van der Waals surface area contributed by atoms with Crippen molar-refractivity contribution in [2.45, 2.75) is 19.5 Å². The highest BCUT2D eigenvalue weighted by atomic mass is 79.9. The number of hydrogen-bond acceptors (Lipinski definition) is 6. The number of aryl methyl sites for hydroxylation is 1. The summed E-state index contributed by atoms with van der Waals surface area (Å²) in [5.41, 5.74) is 4.61. The van der Waals surface area contributed by atoms with Crippen molar-refractivity contribution in [2.75, 3.05) is 13.7 Å². The average Bonchev–Trinajstić information content (AvgIpc) is 2.81. The summed E-state index contributed by atoms with van der Waals surface area (Å²) in [6.45, 7) is 3.13. The molecule has 2 aromatic heterocycles. The molecule has 108 valence electrons. The Hall–Kier alpha value is -1.35. The maximum Gasteiger partial charge on any atom is 0.152 e. The third-order valence-electron chi connectivity index (χ3n) is 2.84. The lowest BCUT2D eigenvalue weighted by molar-refractivity contribution is 0.182. The fourth-order valence-corrected chi connectivity index (χ4v) is 2.37. The maximum absolute atomic E-state index is 5.68. The minimum atomic E-state index is -0.343. The molecule has 0 aliphatic carbocycles. The lowest BCUT2D eigenvalue weighted by Gasteiger charge is -2.17. The van der Waals surface area contributed by atoms with Crippen LogP contribution in [0.25, 0.3) is 0 Å². The van der Waals surface area contributed by atoms with E-state index in [0.717, 1.165) is 15.7 Å². The smallest absolute Gasteiger partial charge is 0.152 e. The molecule has 0 aliphatic rings. The zero-order chi connectivity index (χ0) is 14.5. The predicted molar refractivity (Wildman–Crippen MR) is 77.7 cm³/mol. The molecule has 3 N–H and O–H groups in total. The minimum absolute atomic E-state index is 0.343. The summed E-state index contributed by atoms with van der Waals surface area (Å²) in [6, 6.07) is -0.343. The van der Waals surface area contributed by atoms with E-state index in [0.29, 0.717) is 19.0 Å². The number of aromatic nitrogens is 4. The number of rotatable bonds is 6. The summed E-state index contributed by atoms with van der Waals surface area (Å²) >= 11 is 3.49. The van der Waals surface area contributed by atoms with Gasteiger partial charge < -0.3 is 4.74 Å². The summed E-state index contributed by atoms with van der Waals surface area (Å²) in [6.07, 6.45) is 5.25. The third kappa shape index (κ3) is 3.21. The lowest BCUT2D eigenvalue weighted by Crippen LogP contribution is -2.32. The van der Waals surface area contributed by atoms with E-state index in [2.05, 4.69) is 36.4 Å². The second-order valence-corrected chi connectivity index (χ2v) is 5.17. The lowest BCUT2D eigenvalue weighted by atomic mass is 10.2. The van der Waals surface area contributed by atoms with Crippen LogP contribution < -0.4 is 11.3 Å². The van der Waals surface area contributed by atoms with Crippen LogP contribution in [0.1, 0.15) is 23.1 Å². The van der Waals surface area contributed by atoms with Gasteiger partial charge in [0.15, 0.2) is 5.82 Å². The molecule has 0 amide bonds. The SMILES string of the molecule is COCCn1ncc(Br)c1C(NN)c1ncc(C)cn1. The van der Waals surface area contributed by atoms with Gasteiger partial charge >= 0.3 is 0 Å². The summed E-state index contributed by atoms with van der Waals surface area (Å²) in [4.78, 5) is 8.64. The Balaban J connectivity index is 2.35. The van der Waals surface area contributed by atoms with Crippen molar-refractivity contribution in [3.63, 3.8) is 0 Å². The number of halogens is 1. The first kappa shape index (κ1) is 15.0. The van der Waals surface area contributed by atoms with E-state index in [4.69, 9.17) is 10.6 Å². The third-order valence-corrected chi connectivity index (χ3v) is 3.45. The van der Waals surface area contributed by atoms with Crippen LogP contribution in [-0.4, -0.2) is 33.5 Å². The zero-order valence-corrected chi connectivity index (χ0v) is 13.0. The fourth-order valence-electron chi connectivity index (χ4n) is 1.84. The zero-order valence-electron chi connectivity index (χ0n) is 11.4. The molecule has 8 heteroatoms. The molecule has 2 rings (SSSR count). The summed E-state index contributed by atoms with van der Waals surface area (Å²) < 4.78 is 7.75. The molecule has 2 heterocycles. The molecule has 1 atom stereocenters. The number of hydrogen-bond donors (Lipinski definition) is 2. The van der Waals surface area contributed by atoms with Crippen molar-refractivity contribution < 1.29 is 4.74 Å². The van der Waals surface area contributed by atoms with Crippen LogP contribution in [0.5, 0.6) is 0 Å². The monoisotopic (exact) mass is 340 g/mol. The first-order valence-electron chi connectivity index (χ1n) is 6.12. The van der Waals surface area contributed by atoms with E-state index in [-0.39, 0.29) is 6.04 Å². The Morgan fingerprint density at radius 2 is 2.10 bits per heavy atom. The van der Waals surface area contributed by atoms with E-state index in [1.807, 2.05) is 11.6 Å². The van der Waals surface area contributed by atoms with Crippen molar-refractivity contribution in [1.82, 2.24) is 25.2 Å². The molecule has 0 bridgehead atoms. The molecule has 0 aliphatic heterocycles. The van der Waals surface area contributed by atoms with E-state index >= 15 is 0 Å². The van der Waals surface area contributed by atoms with Crippen molar-refractivity contribution in [1.29, 1.82) is 0 Å². The number of ether oxygens (including phenoxy) is 1. The van der Waals surface area contributed by atoms with Crippen molar-refractivity contribution in [3.05, 3.63) is 40.1 Å². The van der Waals surface area contributed by atoms with Crippen LogP contribution in [-0.2, 0) is 11.3 Å². The topological polar surface area (TPSA) is 90.9 Å². The number of nitrogens with zero attached hydrogens (tertiary/aromatic N) is 4. The highest BCUT2D eigenvalue weighted by Gasteiger charge is 2.23. The second kappa shape index (κ2) is 6.89. The highest BCUT2D eigenvalue weighted by molar-refractivity contribution is 9.10. The molecule has 7 nitrogen and oxygen atoms in total. The van der Waals surface area contributed by atoms with Crippen molar-refractivity contribution in [3.8, 4) is 0 Å². The number of nitrogens with one attached hydrogen (secondary N) is 1. The quantitative estimate of drug-likeness (QED) is 0.600. The van der Waals surface area contributed by atoms with Crippen LogP contribution in [0, 0.1) is 6.92 Å². The van der Waals surface area contributed by atoms with Gasteiger partial charge in [-0.2, -0.15) is 5.10 Å². The van der Waals surface area contributed by atoms with Gasteiger partial charge in [-0.05, 0) is 28.4 Å². The molecular weight excluding hydrogens is 324 g/mol. The molecule has 0 aromatic carbocycles. The minimum Gasteiger partial charge on any atom is -0.383 e. The van der Waals surface area contributed by atoms with Gasteiger partial charge in [-0.15, -0.1) is 0 Å². The van der Waals surface area contributed by atoms with Crippen LogP contribution in [0.3, 0.4) is 0 Å². The van der Waals surface area contributed by atoms with E-state index in [1.165, 1.54) is 0 Å². The Morgan fingerprint density at radius 3 is 2.70 bits per heavy atom. The van der Waals surface area contributed by atoms with Gasteiger partial charge in [0.05, 0.1) is 29.5 Å². The van der Waals surface area contributed by atoms with Gasteiger partial charge in [-0.25, -0.2) is 15.4 Å². The molecule has 1 unspecified atom stereocenters. The first-order valence-corrected chi connectivity index (χ1v) is 6.91. The van der Waals surface area contributed by atoms with E-state index in [9.17, 15) is 0 Å². The number of nitrogens with two attached hydrogens (primary N) is 1. The highest BCUT2D eigenvalue weighted by Crippen LogP contribution is 2.26. The standard InChI is InChI=1S/C12H17BrN6O/c1-8-5-15-12(16-6-8)10(18-14)11-9(13)7-17-19(11)3-4-20-2/h5-7,10,18H,3-4,14H2,1-2H3. The van der Waals surface area contributed by atoms with E-state index in [1.54, 1.807) is 25.7 Å². The van der Waals surface area contributed by atoms with Crippen LogP contribution in [0.4, 0.5) is 0 Å². The molecule has 20 heavy (non-hydrogen) atoms. The molecule has 0 fully saturated rings. The molecular formula is C12H17BrN6O. The Bertz CT molecular complexity index is 556. The first-order chi connectivity index (χ1) is 9.67. The molecule has 0 saturated heterocycles. The van der Waals surface area contributed by atoms with Crippen molar-refractivity contribution in [2.24, 2.45) is 5.84 Å². The van der Waals surface area contributed by atoms with Gasteiger partial charge in [0, 0.05) is 19.5 Å². The normalized spacial score (nSPS) is 12.6. The predicted octanol–water partition coefficient (Wildman–Crippen LogP) is 0.943. The van der Waals surface area contributed by atoms with Gasteiger partial charge in [0.25, 0.3) is 0 Å². The Morgan fingerprint density at radius 1 is 1.40 bits per heavy atom. The van der Waals surface area contributed by atoms with E-state index < -0.39 is 0 Å². The molecule has 0 radical (unpaired) electrons. The second-order valence-electron chi connectivity index (χ2n) is 4.31. The van der Waals surface area contributed by atoms with Gasteiger partial charge in [0.1, 0.15) is 6.04 Å². The van der Waals surface area contributed by atoms with Gasteiger partial charge in [-0.3, -0.25) is 10.5 Å². The maximum atomic E-state index is 5.68. The largest absolute Gasteiger partial charge is 0.383 e. The number of methoxy groups -OCH3 is 1. The molecule has 0 saturated carbocycles. The van der Waals surface area contributed by atoms with Crippen LogP contribution in [0.2, 0.25) is 0 Å². The average molecular weight is 341 g/mol. The Kier molecular flexibility index (Phi) is 5.18. The fraction of sp³-hybridized carbons (Fsp3) is 0.417. The summed E-state index contributed by atoms with van der Waals surface area (Å²) in [7, 11) is 1.65. The number of hydrazine groups is 1. The Labute approximate surface area is 125 Å². The van der Waals surface area contributed by atoms with Crippen molar-refractivity contribution >= 4 is 15.9 Å². The van der Waals surface area contributed by atoms with Gasteiger partial charge in [-0.1, -0.05) is 0 Å². The molecule has 2 aromatic rings. The summed E-state index contributed by atoms with van der Waals surface area (Å²) in [5, 5.41) is 4.30. The van der Waals surface area contributed by atoms with Crippen LogP contribution in [0.15, 0.2) is 23.1 Å². The van der Waals surface area contributed by atoms with Crippen LogP contribution >= 0.6 is 15.9 Å². The van der Waals surface area contributed by atoms with Gasteiger partial charge in [0.2, 0.25) is 0 Å². The summed E-state index contributed by atoms with van der Waals surface area (Å²) in [5.74, 6) is 6.27. The molecule has 0 spiro atoms.